The molecule has 0 aromatic rings. The van der Waals surface area contributed by atoms with E-state index < -0.39 is 0 Å². The Hall–Kier alpha value is -1.82. The first-order valence-electron chi connectivity index (χ1n) is 7.59. The molecule has 0 spiro atoms. The third kappa shape index (κ3) is 1.54. The summed E-state index contributed by atoms with van der Waals surface area (Å²) in [5.74, 6) is 0.746. The first-order chi connectivity index (χ1) is 9.99. The van der Waals surface area contributed by atoms with Crippen LogP contribution in [0.2, 0.25) is 1.41 Å². The van der Waals surface area contributed by atoms with Crippen molar-refractivity contribution < 1.29 is 11.0 Å². The number of hydrogen-bond donors (Lipinski definition) is 2. The van der Waals surface area contributed by atoms with Crippen LogP contribution in [0.15, 0.2) is 23.2 Å². The van der Waals surface area contributed by atoms with E-state index in [1.807, 2.05) is 6.92 Å². The van der Waals surface area contributed by atoms with Gasteiger partial charge in [-0.1, -0.05) is 0 Å². The molecule has 0 aromatic heterocycles. The highest BCUT2D eigenvalue weighted by atomic mass is 16.2. The average molecular weight is 275 g/mol. The number of nitrogens with one attached hydrogen (secondary N) is 2. The van der Waals surface area contributed by atoms with Gasteiger partial charge in [0.1, 0.15) is 12.9 Å². The number of carbonyl (C=O) groups excluding carboxylic acids is 2. The molecule has 4 rings (SSSR count). The van der Waals surface area contributed by atoms with Crippen LogP contribution in [0.3, 0.4) is 0 Å². The Balaban J connectivity index is 1.65. The lowest BCUT2D eigenvalue weighted by atomic mass is 10.1. The van der Waals surface area contributed by atoms with E-state index in [2.05, 4.69) is 12.2 Å². The third-order valence-electron chi connectivity index (χ3n) is 4.53. The second kappa shape index (κ2) is 3.85. The van der Waals surface area contributed by atoms with Crippen molar-refractivity contribution in [3.05, 3.63) is 23.2 Å². The van der Waals surface area contributed by atoms with Crippen molar-refractivity contribution in [2.45, 2.75) is 38.8 Å². The predicted molar refractivity (Wildman–Crippen MR) is 71.6 cm³/mol. The maximum Gasteiger partial charge on any atom is 0.274 e. The molecule has 0 aromatic carbocycles. The fraction of sp³-hybridized carbons (Fsp3) is 0.571. The van der Waals surface area contributed by atoms with Gasteiger partial charge < -0.3 is 10.2 Å². The number of amides is 2. The van der Waals surface area contributed by atoms with Crippen molar-refractivity contribution >= 4 is 11.8 Å². The van der Waals surface area contributed by atoms with E-state index in [1.165, 1.54) is 5.01 Å². The van der Waals surface area contributed by atoms with Crippen LogP contribution >= 0.6 is 0 Å². The fourth-order valence-corrected chi connectivity index (χ4v) is 3.15. The van der Waals surface area contributed by atoms with E-state index in [9.17, 15) is 9.59 Å². The highest BCUT2D eigenvalue weighted by Gasteiger charge is 2.46. The van der Waals surface area contributed by atoms with Crippen molar-refractivity contribution in [3.63, 3.8) is 0 Å². The van der Waals surface area contributed by atoms with Gasteiger partial charge in [-0.2, -0.15) is 0 Å². The number of rotatable bonds is 2. The molecule has 2 amide bonds. The summed E-state index contributed by atoms with van der Waals surface area (Å²) in [5, 5.41) is 4.36. The first-order valence-corrected chi connectivity index (χ1v) is 7.14. The monoisotopic (exact) mass is 275 g/mol. The summed E-state index contributed by atoms with van der Waals surface area (Å²) in [7, 11) is 0. The predicted octanol–water partition coefficient (Wildman–Crippen LogP) is 0.0611. The van der Waals surface area contributed by atoms with Gasteiger partial charge in [0, 0.05) is 12.1 Å². The van der Waals surface area contributed by atoms with Crippen LogP contribution < -0.4 is 10.7 Å². The van der Waals surface area contributed by atoms with Gasteiger partial charge in [-0.25, -0.2) is 10.4 Å². The molecule has 1 saturated carbocycles. The summed E-state index contributed by atoms with van der Waals surface area (Å²) in [6, 6.07) is -0.0133. The van der Waals surface area contributed by atoms with Crippen LogP contribution in [0, 0.1) is 5.92 Å². The van der Waals surface area contributed by atoms with Gasteiger partial charge in [0.2, 0.25) is 0 Å². The Kier molecular flexibility index (Phi) is 2.10. The quantitative estimate of drug-likeness (QED) is 0.748. The minimum absolute atomic E-state index is 0.0885. The molecule has 3 heterocycles. The average Bonchev–Trinajstić information content (AvgIpc) is 3.18. The Morgan fingerprint density at radius 3 is 2.85 bits per heavy atom. The lowest BCUT2D eigenvalue weighted by molar-refractivity contribution is -0.129. The molecular formula is C14H18N4O2. The second-order valence-electron chi connectivity index (χ2n) is 6.01. The van der Waals surface area contributed by atoms with Crippen molar-refractivity contribution in [1.29, 1.82) is 0 Å². The van der Waals surface area contributed by atoms with Crippen molar-refractivity contribution in [2.75, 3.05) is 6.54 Å². The summed E-state index contributed by atoms with van der Waals surface area (Å²) < 4.78 is 7.93. The molecule has 1 fully saturated rings. The van der Waals surface area contributed by atoms with Crippen LogP contribution in [0.1, 0.15) is 26.7 Å². The van der Waals surface area contributed by atoms with E-state index in [1.54, 1.807) is 11.0 Å². The second-order valence-corrected chi connectivity index (χ2v) is 6.01. The molecule has 0 saturated heterocycles. The minimum atomic E-state index is -0.256. The van der Waals surface area contributed by atoms with Gasteiger partial charge in [0.15, 0.2) is 0 Å². The smallest absolute Gasteiger partial charge is 0.274 e. The topological polar surface area (TPSA) is 64.7 Å². The van der Waals surface area contributed by atoms with E-state index in [-0.39, 0.29) is 23.9 Å². The van der Waals surface area contributed by atoms with E-state index in [4.69, 9.17) is 1.41 Å². The van der Waals surface area contributed by atoms with Crippen molar-refractivity contribution in [1.82, 2.24) is 20.6 Å². The Labute approximate surface area is 118 Å². The summed E-state index contributed by atoms with van der Waals surface area (Å²) in [6.45, 7) is 4.24. The van der Waals surface area contributed by atoms with Gasteiger partial charge in [0.05, 0.1) is 12.1 Å². The highest BCUT2D eigenvalue weighted by molar-refractivity contribution is 6.10. The molecule has 1 unspecified atom stereocenters. The Morgan fingerprint density at radius 1 is 1.40 bits per heavy atom. The van der Waals surface area contributed by atoms with E-state index in [0.29, 0.717) is 29.6 Å². The summed E-state index contributed by atoms with van der Waals surface area (Å²) in [4.78, 5) is 26.9. The zero-order valence-electron chi connectivity index (χ0n) is 12.6. The summed E-state index contributed by atoms with van der Waals surface area (Å²) in [6.07, 6.45) is 4.10. The van der Waals surface area contributed by atoms with Gasteiger partial charge >= 0.3 is 0 Å². The lowest BCUT2D eigenvalue weighted by Gasteiger charge is -2.26. The third-order valence-corrected chi connectivity index (χ3v) is 4.53. The van der Waals surface area contributed by atoms with Crippen molar-refractivity contribution in [3.8, 4) is 0 Å². The fourth-order valence-electron chi connectivity index (χ4n) is 3.15. The zero-order chi connectivity index (χ0) is 14.9. The first kappa shape index (κ1) is 10.9. The molecular weight excluding hydrogens is 256 g/mol. The van der Waals surface area contributed by atoms with Crippen LogP contribution in [0.5, 0.6) is 0 Å². The zero-order valence-corrected chi connectivity index (χ0v) is 11.6. The van der Waals surface area contributed by atoms with Gasteiger partial charge in [0.25, 0.3) is 11.8 Å². The molecule has 1 aliphatic carbocycles. The van der Waals surface area contributed by atoms with Gasteiger partial charge in [-0.3, -0.25) is 9.59 Å². The number of nitrogens with zero attached hydrogens (tertiary/aromatic N) is 2. The van der Waals surface area contributed by atoms with Crippen LogP contribution in [0.25, 0.3) is 0 Å². The lowest BCUT2D eigenvalue weighted by Crippen LogP contribution is -2.48. The summed E-state index contributed by atoms with van der Waals surface area (Å²) >= 11 is 0. The van der Waals surface area contributed by atoms with Gasteiger partial charge in [-0.15, -0.1) is 0 Å². The molecule has 2 atom stereocenters. The molecule has 6 nitrogen and oxygen atoms in total. The summed E-state index contributed by atoms with van der Waals surface area (Å²) in [5.41, 5.74) is 2.03. The van der Waals surface area contributed by atoms with Crippen LogP contribution in [0.4, 0.5) is 0 Å². The van der Waals surface area contributed by atoms with Crippen LogP contribution in [-0.4, -0.2) is 40.4 Å². The number of hydrazine groups is 1. The van der Waals surface area contributed by atoms with E-state index >= 15 is 0 Å². The molecule has 0 bridgehead atoms. The molecule has 106 valence electrons. The standard InChI is InChI=1S/C14H18N4O2/c1-7-5-11-15-12-10(13(19)18(11)16-7)6-17(14(12)20)8(2)9-3-4-9/h5,7-9,15-16H,3-4,6H2,1-2H3/t7?,8-/m0/s1/i/hD. The maximum atomic E-state index is 12.6. The molecule has 20 heavy (non-hydrogen) atoms. The maximum absolute atomic E-state index is 12.6. The highest BCUT2D eigenvalue weighted by Crippen LogP contribution is 2.38. The van der Waals surface area contributed by atoms with Gasteiger partial charge in [-0.05, 0) is 38.7 Å². The Morgan fingerprint density at radius 2 is 2.15 bits per heavy atom. The Bertz CT molecular complexity index is 610. The molecule has 0 radical (unpaired) electrons. The number of carbonyl (C=O) groups is 2. The number of hydrogen-bond acceptors (Lipinski definition) is 4. The minimum Gasteiger partial charge on any atom is -0.336 e. The molecule has 6 heteroatoms. The molecule has 3 aliphatic heterocycles. The van der Waals surface area contributed by atoms with Crippen LogP contribution in [-0.2, 0) is 9.59 Å². The number of fused-ring (bicyclic) bond motifs is 1. The molecule has 4 aliphatic rings. The van der Waals surface area contributed by atoms with Crippen molar-refractivity contribution in [2.24, 2.45) is 5.92 Å². The SMILES string of the molecule is [2H]N1C(C)C=C2NC3=C(CN([C@@H](C)C4CC4)C3=O)C(=O)N21. The van der Waals surface area contributed by atoms with E-state index in [0.717, 1.165) is 18.3 Å². The normalized spacial score (nSPS) is 32.0. The molecule has 2 N–H and O–H groups in total. The largest absolute Gasteiger partial charge is 0.336 e.